The number of nitrogens with zero attached hydrogens (tertiary/aromatic N) is 1. The maximum atomic E-state index is 12.6. The maximum absolute atomic E-state index is 12.6. The number of hydrogen-bond acceptors (Lipinski definition) is 7. The van der Waals surface area contributed by atoms with E-state index in [4.69, 9.17) is 25.8 Å². The van der Waals surface area contributed by atoms with Crippen LogP contribution >= 0.6 is 23.4 Å². The maximum Gasteiger partial charge on any atom is 0.326 e. The molecule has 0 atom stereocenters. The smallest absolute Gasteiger partial charge is 0.326 e. The fourth-order valence-electron chi connectivity index (χ4n) is 2.46. The summed E-state index contributed by atoms with van der Waals surface area (Å²) in [5.74, 6) is -0.408. The number of halogens is 1. The Morgan fingerprint density at radius 2 is 1.93 bits per heavy atom. The molecule has 1 aliphatic rings. The lowest BCUT2D eigenvalue weighted by Gasteiger charge is -2.21. The number of ether oxygens (including phenoxy) is 3. The molecule has 0 saturated carbocycles. The van der Waals surface area contributed by atoms with Crippen molar-refractivity contribution in [1.82, 2.24) is 4.90 Å². The molecule has 0 aromatic heterocycles. The third-order valence-electron chi connectivity index (χ3n) is 3.48. The lowest BCUT2D eigenvalue weighted by molar-refractivity contribution is -0.156. The van der Waals surface area contributed by atoms with Crippen molar-refractivity contribution in [2.45, 2.75) is 46.3 Å². The van der Waals surface area contributed by atoms with E-state index in [0.717, 1.165) is 16.7 Å². The van der Waals surface area contributed by atoms with Crippen LogP contribution in [0.3, 0.4) is 0 Å². The van der Waals surface area contributed by atoms with E-state index >= 15 is 0 Å². The van der Waals surface area contributed by atoms with E-state index in [2.05, 4.69) is 0 Å². The van der Waals surface area contributed by atoms with Crippen LogP contribution in [0.4, 0.5) is 4.79 Å². The van der Waals surface area contributed by atoms with E-state index in [9.17, 15) is 14.4 Å². The summed E-state index contributed by atoms with van der Waals surface area (Å²) in [4.78, 5) is 37.8. The van der Waals surface area contributed by atoms with Gasteiger partial charge in [-0.1, -0.05) is 11.6 Å². The molecule has 7 nitrogen and oxygen atoms in total. The second kappa shape index (κ2) is 9.09. The zero-order valence-corrected chi connectivity index (χ0v) is 18.8. The second-order valence-electron chi connectivity index (χ2n) is 7.56. The summed E-state index contributed by atoms with van der Waals surface area (Å²) in [7, 11) is 1.48. The summed E-state index contributed by atoms with van der Waals surface area (Å²) in [5.41, 5.74) is -0.146. The van der Waals surface area contributed by atoms with Crippen LogP contribution in [0.2, 0.25) is 5.02 Å². The molecule has 9 heteroatoms. The molecule has 1 fully saturated rings. The molecule has 0 spiro atoms. The second-order valence-corrected chi connectivity index (χ2v) is 8.96. The van der Waals surface area contributed by atoms with Crippen molar-refractivity contribution < 1.29 is 28.6 Å². The summed E-state index contributed by atoms with van der Waals surface area (Å²) in [6.07, 6.45) is 1.42. The lowest BCUT2D eigenvalue weighted by Crippen LogP contribution is -2.37. The van der Waals surface area contributed by atoms with Crippen molar-refractivity contribution >= 4 is 46.6 Å². The van der Waals surface area contributed by atoms with Crippen molar-refractivity contribution in [3.05, 3.63) is 27.6 Å². The standard InChI is InChI=1S/C20H24ClNO6S/c1-11(2)27-17-13(21)7-12(8-14(17)26-6)9-15-18(24)22(19(25)29-15)10-16(23)28-20(3,4)5/h7-9,11H,10H2,1-6H3/b15-9+. The van der Waals surface area contributed by atoms with Crippen molar-refractivity contribution in [2.24, 2.45) is 0 Å². The Morgan fingerprint density at radius 1 is 1.28 bits per heavy atom. The molecule has 1 aliphatic heterocycles. The molecule has 158 valence electrons. The number of hydrogen-bond donors (Lipinski definition) is 0. The Kier molecular flexibility index (Phi) is 7.24. The quantitative estimate of drug-likeness (QED) is 0.474. The van der Waals surface area contributed by atoms with Gasteiger partial charge in [0.15, 0.2) is 11.5 Å². The predicted octanol–water partition coefficient (Wildman–Crippen LogP) is 4.51. The largest absolute Gasteiger partial charge is 0.493 e. The highest BCUT2D eigenvalue weighted by atomic mass is 35.5. The molecule has 1 aromatic rings. The van der Waals surface area contributed by atoms with E-state index in [0.29, 0.717) is 22.1 Å². The minimum atomic E-state index is -0.707. The van der Waals surface area contributed by atoms with Gasteiger partial charge in [0.25, 0.3) is 11.1 Å². The van der Waals surface area contributed by atoms with Gasteiger partial charge in [-0.3, -0.25) is 19.3 Å². The molecular weight excluding hydrogens is 418 g/mol. The zero-order chi connectivity index (χ0) is 21.9. The van der Waals surface area contributed by atoms with Gasteiger partial charge in [0.2, 0.25) is 0 Å². The molecule has 1 saturated heterocycles. The Labute approximate surface area is 179 Å². The van der Waals surface area contributed by atoms with Crippen LogP contribution in [-0.4, -0.2) is 47.4 Å². The Hall–Kier alpha value is -2.19. The number of amides is 2. The third kappa shape index (κ3) is 6.14. The monoisotopic (exact) mass is 441 g/mol. The van der Waals surface area contributed by atoms with Crippen molar-refractivity contribution in [1.29, 1.82) is 0 Å². The van der Waals surface area contributed by atoms with Gasteiger partial charge in [-0.2, -0.15) is 0 Å². The average Bonchev–Trinajstić information content (AvgIpc) is 2.82. The Morgan fingerprint density at radius 3 is 2.48 bits per heavy atom. The molecule has 0 N–H and O–H groups in total. The van der Waals surface area contributed by atoms with Gasteiger partial charge in [-0.15, -0.1) is 0 Å². The first kappa shape index (κ1) is 23.1. The normalized spacial score (nSPS) is 16.0. The Bertz CT molecular complexity index is 859. The molecule has 29 heavy (non-hydrogen) atoms. The summed E-state index contributed by atoms with van der Waals surface area (Å²) in [6, 6.07) is 3.27. The first-order valence-corrected chi connectivity index (χ1v) is 10.1. The van der Waals surface area contributed by atoms with E-state index in [1.165, 1.54) is 13.2 Å². The van der Waals surface area contributed by atoms with Crippen LogP contribution in [-0.2, 0) is 14.3 Å². The van der Waals surface area contributed by atoms with Crippen molar-refractivity contribution in [3.63, 3.8) is 0 Å². The van der Waals surface area contributed by atoms with Crippen molar-refractivity contribution in [3.8, 4) is 11.5 Å². The van der Waals surface area contributed by atoms with Crippen LogP contribution in [0.25, 0.3) is 6.08 Å². The molecule has 0 bridgehead atoms. The fourth-order valence-corrected chi connectivity index (χ4v) is 3.57. The molecule has 0 unspecified atom stereocenters. The topological polar surface area (TPSA) is 82.1 Å². The van der Waals surface area contributed by atoms with Crippen LogP contribution in [0.15, 0.2) is 17.0 Å². The average molecular weight is 442 g/mol. The lowest BCUT2D eigenvalue weighted by atomic mass is 10.1. The first-order valence-electron chi connectivity index (χ1n) is 8.92. The number of methoxy groups -OCH3 is 1. The van der Waals surface area contributed by atoms with Gasteiger partial charge in [-0.05, 0) is 70.2 Å². The van der Waals surface area contributed by atoms with Crippen LogP contribution in [0.1, 0.15) is 40.2 Å². The van der Waals surface area contributed by atoms with Crippen LogP contribution in [0, 0.1) is 0 Å². The van der Waals surface area contributed by atoms with Gasteiger partial charge < -0.3 is 14.2 Å². The summed E-state index contributed by atoms with van der Waals surface area (Å²) >= 11 is 7.05. The van der Waals surface area contributed by atoms with Gasteiger partial charge >= 0.3 is 5.97 Å². The molecule has 2 amide bonds. The molecule has 0 radical (unpaired) electrons. The summed E-state index contributed by atoms with van der Waals surface area (Å²) in [5, 5.41) is -0.220. The zero-order valence-electron chi connectivity index (χ0n) is 17.2. The fraction of sp³-hybridized carbons (Fsp3) is 0.450. The minimum Gasteiger partial charge on any atom is -0.493 e. The van der Waals surface area contributed by atoms with E-state index in [1.807, 2.05) is 13.8 Å². The molecule has 1 heterocycles. The van der Waals surface area contributed by atoms with Gasteiger partial charge in [0.05, 0.1) is 23.1 Å². The third-order valence-corrected chi connectivity index (χ3v) is 4.67. The van der Waals surface area contributed by atoms with Crippen LogP contribution < -0.4 is 9.47 Å². The SMILES string of the molecule is COc1cc(/C=C2/SC(=O)N(CC(=O)OC(C)(C)C)C2=O)cc(Cl)c1OC(C)C. The van der Waals surface area contributed by atoms with Crippen LogP contribution in [0.5, 0.6) is 11.5 Å². The highest BCUT2D eigenvalue weighted by Crippen LogP contribution is 2.39. The highest BCUT2D eigenvalue weighted by Gasteiger charge is 2.37. The molecule has 0 aliphatic carbocycles. The molecule has 2 rings (SSSR count). The number of carbonyl (C=O) groups excluding carboxylic acids is 3. The van der Waals surface area contributed by atoms with E-state index < -0.39 is 29.3 Å². The minimum absolute atomic E-state index is 0.100. The van der Waals surface area contributed by atoms with Gasteiger partial charge in [-0.25, -0.2) is 0 Å². The number of thioether (sulfide) groups is 1. The van der Waals surface area contributed by atoms with E-state index in [1.54, 1.807) is 32.9 Å². The predicted molar refractivity (Wildman–Crippen MR) is 112 cm³/mol. The molecular formula is C20H24ClNO6S. The number of esters is 1. The van der Waals surface area contributed by atoms with Crippen molar-refractivity contribution in [2.75, 3.05) is 13.7 Å². The first-order chi connectivity index (χ1) is 13.4. The number of rotatable bonds is 6. The van der Waals surface area contributed by atoms with Gasteiger partial charge in [0, 0.05) is 0 Å². The van der Waals surface area contributed by atoms with Gasteiger partial charge in [0.1, 0.15) is 12.1 Å². The van der Waals surface area contributed by atoms with E-state index in [-0.39, 0.29) is 11.0 Å². The Balaban J connectivity index is 2.25. The number of carbonyl (C=O) groups is 3. The molecule has 1 aromatic carbocycles. The number of benzene rings is 1. The summed E-state index contributed by atoms with van der Waals surface area (Å²) in [6.45, 7) is 8.42. The highest BCUT2D eigenvalue weighted by molar-refractivity contribution is 8.18. The summed E-state index contributed by atoms with van der Waals surface area (Å²) < 4.78 is 16.2. The number of imide groups is 1.